The Morgan fingerprint density at radius 1 is 0.211 bits per heavy atom. The predicted octanol–water partition coefficient (Wildman–Crippen LogP) is 19.5. The SMILES string of the molecule is CCn1c2ccccc2c2cc(-c3ccc(-c4ccc(-c5c6ccc(-c7ccccc7)cc6c(-c6ccc(-c7ccc(-c8ccccc8)cc7)cc6)c6ccc(-c7ccccc7)cc56)cc4)cc3)ccc21. The van der Waals surface area contributed by atoms with E-state index >= 15 is 0 Å². The molecule has 71 heavy (non-hydrogen) atoms. The van der Waals surface area contributed by atoms with Crippen molar-refractivity contribution in [3.63, 3.8) is 0 Å². The van der Waals surface area contributed by atoms with Crippen LogP contribution in [0.1, 0.15) is 6.92 Å². The third kappa shape index (κ3) is 7.60. The zero-order valence-corrected chi connectivity index (χ0v) is 39.6. The molecular formula is C70H49N. The lowest BCUT2D eigenvalue weighted by Gasteiger charge is -2.20. The minimum absolute atomic E-state index is 0.944. The van der Waals surface area contributed by atoms with E-state index in [1.807, 2.05) is 0 Å². The van der Waals surface area contributed by atoms with Gasteiger partial charge < -0.3 is 4.57 Å². The molecule has 13 aromatic rings. The Kier molecular flexibility index (Phi) is 10.6. The topological polar surface area (TPSA) is 4.93 Å². The van der Waals surface area contributed by atoms with Crippen molar-refractivity contribution in [1.29, 1.82) is 0 Å². The number of hydrogen-bond acceptors (Lipinski definition) is 0. The molecule has 1 heterocycles. The fourth-order valence-electron chi connectivity index (χ4n) is 11.0. The maximum atomic E-state index is 2.42. The lowest BCUT2D eigenvalue weighted by atomic mass is 9.83. The Morgan fingerprint density at radius 2 is 0.493 bits per heavy atom. The molecule has 0 atom stereocenters. The van der Waals surface area contributed by atoms with Crippen LogP contribution in [0.4, 0.5) is 0 Å². The first-order valence-electron chi connectivity index (χ1n) is 24.8. The van der Waals surface area contributed by atoms with Crippen LogP contribution in [0, 0.1) is 0 Å². The van der Waals surface area contributed by atoms with E-state index in [0.29, 0.717) is 0 Å². The summed E-state index contributed by atoms with van der Waals surface area (Å²) < 4.78 is 2.41. The van der Waals surface area contributed by atoms with Gasteiger partial charge in [0.15, 0.2) is 0 Å². The number of para-hydroxylation sites is 1. The Hall–Kier alpha value is -9.04. The van der Waals surface area contributed by atoms with Gasteiger partial charge in [0.25, 0.3) is 0 Å². The molecule has 0 aliphatic carbocycles. The molecule has 0 aliphatic rings. The van der Waals surface area contributed by atoms with Crippen molar-refractivity contribution in [3.05, 3.63) is 267 Å². The molecule has 1 heteroatoms. The molecule has 12 aromatic carbocycles. The van der Waals surface area contributed by atoms with E-state index in [1.165, 1.54) is 132 Å². The Labute approximate surface area is 415 Å². The van der Waals surface area contributed by atoms with Crippen LogP contribution in [0.15, 0.2) is 267 Å². The highest BCUT2D eigenvalue weighted by molar-refractivity contribution is 6.22. The first kappa shape index (κ1) is 42.1. The molecule has 0 radical (unpaired) electrons. The zero-order valence-electron chi connectivity index (χ0n) is 39.6. The van der Waals surface area contributed by atoms with Crippen molar-refractivity contribution >= 4 is 43.4 Å². The molecule has 0 saturated carbocycles. The number of rotatable bonds is 9. The minimum atomic E-state index is 0.944. The van der Waals surface area contributed by atoms with E-state index in [0.717, 1.165) is 6.54 Å². The molecule has 0 fully saturated rings. The Bertz CT molecular complexity index is 4050. The molecule has 1 aromatic heterocycles. The summed E-state index contributed by atoms with van der Waals surface area (Å²) in [4.78, 5) is 0. The largest absolute Gasteiger partial charge is 0.341 e. The van der Waals surface area contributed by atoms with Crippen LogP contribution < -0.4 is 0 Å². The van der Waals surface area contributed by atoms with Crippen LogP contribution in [0.3, 0.4) is 0 Å². The number of aromatic nitrogens is 1. The van der Waals surface area contributed by atoms with E-state index < -0.39 is 0 Å². The summed E-state index contributed by atoms with van der Waals surface area (Å²) in [5, 5.41) is 7.54. The van der Waals surface area contributed by atoms with Crippen molar-refractivity contribution in [2.24, 2.45) is 0 Å². The van der Waals surface area contributed by atoms with Gasteiger partial charge in [0, 0.05) is 28.4 Å². The molecule has 0 saturated heterocycles. The molecule has 0 bridgehead atoms. The lowest BCUT2D eigenvalue weighted by molar-refractivity contribution is 0.827. The minimum Gasteiger partial charge on any atom is -0.341 e. The third-order valence-corrected chi connectivity index (χ3v) is 14.6. The zero-order chi connectivity index (χ0) is 47.3. The Morgan fingerprint density at radius 3 is 0.901 bits per heavy atom. The standard InChI is InChI=1S/C70H49N/c1-2-71-67-21-13-12-20-61(67)64-44-60(40-43-68(64)71)55-28-26-52(27-29-55)54-32-36-57(37-33-54)70-63-42-39-58(48-16-8-4-9-17-48)45-65(63)69(62-41-38-59(46-66(62)70)49-18-10-5-11-19-49)56-34-30-53(31-35-56)51-24-22-50(23-25-51)47-14-6-3-7-15-47/h3-46H,2H2,1H3. The van der Waals surface area contributed by atoms with Gasteiger partial charge in [-0.3, -0.25) is 0 Å². The molecule has 0 N–H and O–H groups in total. The van der Waals surface area contributed by atoms with Gasteiger partial charge in [0.1, 0.15) is 0 Å². The van der Waals surface area contributed by atoms with Crippen LogP contribution in [0.5, 0.6) is 0 Å². The second-order valence-electron chi connectivity index (χ2n) is 18.7. The first-order valence-corrected chi connectivity index (χ1v) is 24.8. The normalized spacial score (nSPS) is 11.5. The first-order chi connectivity index (χ1) is 35.1. The van der Waals surface area contributed by atoms with Gasteiger partial charge in [-0.1, -0.05) is 237 Å². The second-order valence-corrected chi connectivity index (χ2v) is 18.7. The van der Waals surface area contributed by atoms with Gasteiger partial charge in [0.2, 0.25) is 0 Å². The number of benzene rings is 12. The quantitative estimate of drug-likeness (QED) is 0.127. The second kappa shape index (κ2) is 17.8. The van der Waals surface area contributed by atoms with E-state index in [9.17, 15) is 0 Å². The van der Waals surface area contributed by atoms with Crippen molar-refractivity contribution in [1.82, 2.24) is 4.57 Å². The molecule has 13 rings (SSSR count). The van der Waals surface area contributed by atoms with E-state index in [-0.39, 0.29) is 0 Å². The van der Waals surface area contributed by atoms with Gasteiger partial charge in [-0.2, -0.15) is 0 Å². The number of hydrogen-bond donors (Lipinski definition) is 0. The molecule has 1 nitrogen and oxygen atoms in total. The van der Waals surface area contributed by atoms with E-state index in [1.54, 1.807) is 0 Å². The predicted molar refractivity (Wildman–Crippen MR) is 304 cm³/mol. The summed E-state index contributed by atoms with van der Waals surface area (Å²) in [6, 6.07) is 98.4. The smallest absolute Gasteiger partial charge is 0.0491 e. The summed E-state index contributed by atoms with van der Waals surface area (Å²) in [7, 11) is 0. The number of aryl methyl sites for hydroxylation is 1. The summed E-state index contributed by atoms with van der Waals surface area (Å²) in [5.41, 5.74) is 21.9. The van der Waals surface area contributed by atoms with Gasteiger partial charge in [-0.25, -0.2) is 0 Å². The average molecular weight is 904 g/mol. The number of fused-ring (bicyclic) bond motifs is 5. The van der Waals surface area contributed by atoms with Crippen molar-refractivity contribution in [3.8, 4) is 89.0 Å². The highest BCUT2D eigenvalue weighted by atomic mass is 15.0. The number of nitrogens with zero attached hydrogens (tertiary/aromatic N) is 1. The molecular weight excluding hydrogens is 855 g/mol. The van der Waals surface area contributed by atoms with E-state index in [2.05, 4.69) is 278 Å². The summed E-state index contributed by atoms with van der Waals surface area (Å²) in [6.07, 6.45) is 0. The fourth-order valence-corrected chi connectivity index (χ4v) is 11.0. The van der Waals surface area contributed by atoms with Crippen LogP contribution >= 0.6 is 0 Å². The van der Waals surface area contributed by atoms with Gasteiger partial charge in [-0.15, -0.1) is 0 Å². The highest BCUT2D eigenvalue weighted by Gasteiger charge is 2.20. The van der Waals surface area contributed by atoms with Crippen molar-refractivity contribution in [2.45, 2.75) is 13.5 Å². The third-order valence-electron chi connectivity index (χ3n) is 14.6. The Balaban J connectivity index is 0.923. The molecule has 0 spiro atoms. The van der Waals surface area contributed by atoms with Gasteiger partial charge in [-0.05, 0) is 148 Å². The maximum absolute atomic E-state index is 2.42. The monoisotopic (exact) mass is 903 g/mol. The van der Waals surface area contributed by atoms with Gasteiger partial charge >= 0.3 is 0 Å². The molecule has 0 aliphatic heterocycles. The highest BCUT2D eigenvalue weighted by Crippen LogP contribution is 2.47. The average Bonchev–Trinajstić information content (AvgIpc) is 3.78. The van der Waals surface area contributed by atoms with Crippen molar-refractivity contribution < 1.29 is 0 Å². The summed E-state index contributed by atoms with van der Waals surface area (Å²) >= 11 is 0. The molecule has 0 unspecified atom stereocenters. The summed E-state index contributed by atoms with van der Waals surface area (Å²) in [5.74, 6) is 0. The molecule has 334 valence electrons. The summed E-state index contributed by atoms with van der Waals surface area (Å²) in [6.45, 7) is 3.17. The maximum Gasteiger partial charge on any atom is 0.0491 e. The van der Waals surface area contributed by atoms with E-state index in [4.69, 9.17) is 0 Å². The van der Waals surface area contributed by atoms with Crippen LogP contribution in [0.2, 0.25) is 0 Å². The fraction of sp³-hybridized carbons (Fsp3) is 0.0286. The van der Waals surface area contributed by atoms with Crippen LogP contribution in [0.25, 0.3) is 132 Å². The van der Waals surface area contributed by atoms with Gasteiger partial charge in [0.05, 0.1) is 0 Å². The van der Waals surface area contributed by atoms with Crippen molar-refractivity contribution in [2.75, 3.05) is 0 Å². The van der Waals surface area contributed by atoms with Crippen LogP contribution in [-0.2, 0) is 6.54 Å². The van der Waals surface area contributed by atoms with Crippen LogP contribution in [-0.4, -0.2) is 4.57 Å². The molecule has 0 amide bonds. The lowest BCUT2D eigenvalue weighted by Crippen LogP contribution is -1.93.